The average molecular weight is 251 g/mol. The Labute approximate surface area is 106 Å². The Balaban J connectivity index is 2.30. The van der Waals surface area contributed by atoms with Crippen LogP contribution in [0.4, 0.5) is 4.39 Å². The fourth-order valence-corrected chi connectivity index (χ4v) is 2.44. The lowest BCUT2D eigenvalue weighted by Crippen LogP contribution is -2.45. The molecule has 0 aliphatic carbocycles. The van der Waals surface area contributed by atoms with Gasteiger partial charge in [0, 0.05) is 12.6 Å². The van der Waals surface area contributed by atoms with Crippen LogP contribution in [-0.2, 0) is 0 Å². The van der Waals surface area contributed by atoms with Gasteiger partial charge in [-0.3, -0.25) is 4.79 Å². The highest BCUT2D eigenvalue weighted by Crippen LogP contribution is 2.27. The molecular weight excluding hydrogens is 233 g/mol. The van der Waals surface area contributed by atoms with Crippen LogP contribution >= 0.6 is 0 Å². The summed E-state index contributed by atoms with van der Waals surface area (Å²) < 4.78 is 13.7. The van der Waals surface area contributed by atoms with Gasteiger partial charge in [-0.05, 0) is 37.8 Å². The van der Waals surface area contributed by atoms with Crippen LogP contribution in [0.2, 0.25) is 0 Å². The van der Waals surface area contributed by atoms with Gasteiger partial charge in [0.25, 0.3) is 5.91 Å². The first-order valence-electron chi connectivity index (χ1n) is 6.29. The second-order valence-electron chi connectivity index (χ2n) is 5.12. The van der Waals surface area contributed by atoms with Crippen LogP contribution in [-0.4, -0.2) is 28.5 Å². The summed E-state index contributed by atoms with van der Waals surface area (Å²) in [6, 6.07) is 4.02. The molecule has 1 aliphatic heterocycles. The highest BCUT2D eigenvalue weighted by atomic mass is 19.1. The molecule has 2 rings (SSSR count). The molecular formula is C14H18FNO2. The standard InChI is InChI=1S/C14H18FNO2/c1-9-6-7-10(2)16(8-9)14(18)13-11(15)4-3-5-12(13)17/h3-5,9-10,17H,6-8H2,1-2H3. The van der Waals surface area contributed by atoms with E-state index in [1.807, 2.05) is 6.92 Å². The predicted molar refractivity (Wildman–Crippen MR) is 67.0 cm³/mol. The Morgan fingerprint density at radius 1 is 1.39 bits per heavy atom. The van der Waals surface area contributed by atoms with Crippen molar-refractivity contribution in [3.63, 3.8) is 0 Å². The molecule has 1 aliphatic rings. The minimum Gasteiger partial charge on any atom is -0.507 e. The Morgan fingerprint density at radius 3 is 2.78 bits per heavy atom. The smallest absolute Gasteiger partial charge is 0.260 e. The third-order valence-corrected chi connectivity index (χ3v) is 3.58. The number of likely N-dealkylation sites (tertiary alicyclic amines) is 1. The molecule has 1 N–H and O–H groups in total. The van der Waals surface area contributed by atoms with Crippen molar-refractivity contribution in [1.29, 1.82) is 0 Å². The van der Waals surface area contributed by atoms with E-state index in [2.05, 4.69) is 6.92 Å². The second kappa shape index (κ2) is 4.96. The molecule has 0 saturated carbocycles. The number of hydrogen-bond donors (Lipinski definition) is 1. The van der Waals surface area contributed by atoms with Gasteiger partial charge in [0.2, 0.25) is 0 Å². The molecule has 4 heteroatoms. The zero-order valence-electron chi connectivity index (χ0n) is 10.7. The third-order valence-electron chi connectivity index (χ3n) is 3.58. The van der Waals surface area contributed by atoms with Gasteiger partial charge in [0.15, 0.2) is 0 Å². The molecule has 1 aromatic carbocycles. The number of rotatable bonds is 1. The van der Waals surface area contributed by atoms with E-state index < -0.39 is 11.7 Å². The molecule has 0 spiro atoms. The van der Waals surface area contributed by atoms with Crippen LogP contribution in [0, 0.1) is 11.7 Å². The van der Waals surface area contributed by atoms with Crippen molar-refractivity contribution in [2.24, 2.45) is 5.92 Å². The summed E-state index contributed by atoms with van der Waals surface area (Å²) in [7, 11) is 0. The molecule has 0 aromatic heterocycles. The number of piperidine rings is 1. The molecule has 0 bridgehead atoms. The van der Waals surface area contributed by atoms with Gasteiger partial charge in [0.1, 0.15) is 17.1 Å². The zero-order chi connectivity index (χ0) is 13.3. The highest BCUT2D eigenvalue weighted by Gasteiger charge is 2.30. The van der Waals surface area contributed by atoms with Crippen LogP contribution in [0.1, 0.15) is 37.0 Å². The third kappa shape index (κ3) is 2.33. The van der Waals surface area contributed by atoms with Crippen LogP contribution < -0.4 is 0 Å². The van der Waals surface area contributed by atoms with Gasteiger partial charge >= 0.3 is 0 Å². The minimum absolute atomic E-state index is 0.0905. The number of carbonyl (C=O) groups is 1. The van der Waals surface area contributed by atoms with E-state index in [-0.39, 0.29) is 17.4 Å². The molecule has 1 fully saturated rings. The van der Waals surface area contributed by atoms with Gasteiger partial charge in [-0.25, -0.2) is 4.39 Å². The van der Waals surface area contributed by atoms with Crippen molar-refractivity contribution in [3.8, 4) is 5.75 Å². The van der Waals surface area contributed by atoms with Crippen molar-refractivity contribution in [3.05, 3.63) is 29.6 Å². The average Bonchev–Trinajstić information content (AvgIpc) is 2.32. The summed E-state index contributed by atoms with van der Waals surface area (Å²) in [5.41, 5.74) is -0.210. The number of carbonyl (C=O) groups excluding carboxylic acids is 1. The maximum atomic E-state index is 13.7. The number of benzene rings is 1. The van der Waals surface area contributed by atoms with Crippen molar-refractivity contribution >= 4 is 5.91 Å². The summed E-state index contributed by atoms with van der Waals surface area (Å²) in [6.07, 6.45) is 2.00. The van der Waals surface area contributed by atoms with E-state index >= 15 is 0 Å². The topological polar surface area (TPSA) is 40.5 Å². The quantitative estimate of drug-likeness (QED) is 0.833. The van der Waals surface area contributed by atoms with Crippen molar-refractivity contribution in [2.75, 3.05) is 6.54 Å². The Kier molecular flexibility index (Phi) is 3.55. The summed E-state index contributed by atoms with van der Waals surface area (Å²) in [4.78, 5) is 14.0. The van der Waals surface area contributed by atoms with Gasteiger partial charge in [0.05, 0.1) is 0 Å². The van der Waals surface area contributed by atoms with Crippen LogP contribution in [0.5, 0.6) is 5.75 Å². The largest absolute Gasteiger partial charge is 0.507 e. The molecule has 3 nitrogen and oxygen atoms in total. The summed E-state index contributed by atoms with van der Waals surface area (Å²) in [5, 5.41) is 9.66. The van der Waals surface area contributed by atoms with Crippen LogP contribution in [0.25, 0.3) is 0 Å². The number of nitrogens with zero attached hydrogens (tertiary/aromatic N) is 1. The summed E-state index contributed by atoms with van der Waals surface area (Å²) in [6.45, 7) is 4.66. The van der Waals surface area contributed by atoms with E-state index in [9.17, 15) is 14.3 Å². The fourth-order valence-electron chi connectivity index (χ4n) is 2.44. The van der Waals surface area contributed by atoms with Gasteiger partial charge in [-0.1, -0.05) is 13.0 Å². The molecule has 1 heterocycles. The Bertz CT molecular complexity index is 441. The SMILES string of the molecule is CC1CCC(C)N(C(=O)c2c(O)cccc2F)C1. The first-order chi connectivity index (χ1) is 8.50. The lowest BCUT2D eigenvalue weighted by molar-refractivity contribution is 0.0566. The van der Waals surface area contributed by atoms with E-state index in [1.165, 1.54) is 18.2 Å². The number of phenols is 1. The van der Waals surface area contributed by atoms with E-state index in [0.29, 0.717) is 12.5 Å². The summed E-state index contributed by atoms with van der Waals surface area (Å²) in [5.74, 6) is -0.945. The maximum absolute atomic E-state index is 13.7. The Hall–Kier alpha value is -1.58. The molecule has 98 valence electrons. The Morgan fingerprint density at radius 2 is 2.11 bits per heavy atom. The van der Waals surface area contributed by atoms with E-state index in [4.69, 9.17) is 0 Å². The number of aromatic hydroxyl groups is 1. The molecule has 2 unspecified atom stereocenters. The van der Waals surface area contributed by atoms with E-state index in [1.54, 1.807) is 4.90 Å². The van der Waals surface area contributed by atoms with Crippen molar-refractivity contribution in [2.45, 2.75) is 32.7 Å². The van der Waals surface area contributed by atoms with Crippen LogP contribution in [0.3, 0.4) is 0 Å². The first kappa shape index (κ1) is 12.9. The molecule has 1 amide bonds. The van der Waals surface area contributed by atoms with Gasteiger partial charge in [-0.2, -0.15) is 0 Å². The minimum atomic E-state index is -0.662. The highest BCUT2D eigenvalue weighted by molar-refractivity contribution is 5.97. The molecule has 18 heavy (non-hydrogen) atoms. The number of halogens is 1. The van der Waals surface area contributed by atoms with Gasteiger partial charge in [-0.15, -0.1) is 0 Å². The molecule has 0 radical (unpaired) electrons. The monoisotopic (exact) mass is 251 g/mol. The lowest BCUT2D eigenvalue weighted by atomic mass is 9.94. The van der Waals surface area contributed by atoms with Gasteiger partial charge < -0.3 is 10.0 Å². The predicted octanol–water partition coefficient (Wildman–Crippen LogP) is 2.79. The lowest BCUT2D eigenvalue weighted by Gasteiger charge is -2.37. The fraction of sp³-hybridized carbons (Fsp3) is 0.500. The molecule has 1 saturated heterocycles. The molecule has 1 aromatic rings. The second-order valence-corrected chi connectivity index (χ2v) is 5.12. The van der Waals surface area contributed by atoms with Crippen molar-refractivity contribution < 1.29 is 14.3 Å². The van der Waals surface area contributed by atoms with E-state index in [0.717, 1.165) is 12.8 Å². The van der Waals surface area contributed by atoms with Crippen molar-refractivity contribution in [1.82, 2.24) is 4.90 Å². The number of hydrogen-bond acceptors (Lipinski definition) is 2. The normalized spacial score (nSPS) is 24.1. The maximum Gasteiger partial charge on any atom is 0.260 e. The number of phenolic OH excluding ortho intramolecular Hbond substituents is 1. The van der Waals surface area contributed by atoms with Crippen LogP contribution in [0.15, 0.2) is 18.2 Å². The summed E-state index contributed by atoms with van der Waals surface area (Å²) >= 11 is 0. The number of amides is 1. The molecule has 2 atom stereocenters. The zero-order valence-corrected chi connectivity index (χ0v) is 10.7. The first-order valence-corrected chi connectivity index (χ1v) is 6.29.